The van der Waals surface area contributed by atoms with Crippen molar-refractivity contribution in [2.75, 3.05) is 26.2 Å². The zero-order valence-corrected chi connectivity index (χ0v) is 20.0. The van der Waals surface area contributed by atoms with Crippen LogP contribution < -0.4 is 19.7 Å². The number of nitrogens with one attached hydrogen (secondary N) is 1. The zero-order valence-electron chi connectivity index (χ0n) is 20.0. The van der Waals surface area contributed by atoms with Crippen molar-refractivity contribution in [2.24, 2.45) is 11.0 Å². The van der Waals surface area contributed by atoms with E-state index in [0.29, 0.717) is 29.7 Å². The van der Waals surface area contributed by atoms with Crippen molar-refractivity contribution < 1.29 is 19.1 Å². The normalized spacial score (nSPS) is 23.4. The zero-order chi connectivity index (χ0) is 24.0. The lowest BCUT2D eigenvalue weighted by molar-refractivity contribution is -0.121. The summed E-state index contributed by atoms with van der Waals surface area (Å²) in [4.78, 5) is 27.3. The Bertz CT molecular complexity index is 1160. The number of nitrogens with zero attached hydrogens (tertiary/aromatic N) is 3. The van der Waals surface area contributed by atoms with E-state index in [0.717, 1.165) is 41.6 Å². The molecule has 178 valence electrons. The van der Waals surface area contributed by atoms with Gasteiger partial charge in [0.1, 0.15) is 0 Å². The number of urea groups is 1. The van der Waals surface area contributed by atoms with Crippen LogP contribution >= 0.6 is 0 Å². The van der Waals surface area contributed by atoms with Gasteiger partial charge in [-0.25, -0.2) is 9.80 Å². The third kappa shape index (κ3) is 3.57. The molecule has 1 saturated carbocycles. The van der Waals surface area contributed by atoms with Crippen LogP contribution in [0.4, 0.5) is 10.5 Å². The Morgan fingerprint density at radius 3 is 2.41 bits per heavy atom. The van der Waals surface area contributed by atoms with Gasteiger partial charge in [0.25, 0.3) is 0 Å². The van der Waals surface area contributed by atoms with E-state index < -0.39 is 0 Å². The van der Waals surface area contributed by atoms with Crippen LogP contribution in [0, 0.1) is 5.92 Å². The van der Waals surface area contributed by atoms with Gasteiger partial charge >= 0.3 is 6.03 Å². The van der Waals surface area contributed by atoms with Crippen molar-refractivity contribution in [3.63, 3.8) is 0 Å². The van der Waals surface area contributed by atoms with Gasteiger partial charge in [0.05, 0.1) is 26.0 Å². The third-order valence-corrected chi connectivity index (χ3v) is 7.20. The van der Waals surface area contributed by atoms with E-state index in [1.807, 2.05) is 48.2 Å². The highest BCUT2D eigenvalue weighted by atomic mass is 16.5. The van der Waals surface area contributed by atoms with E-state index >= 15 is 0 Å². The number of amides is 3. The molecule has 2 aromatic carbocycles. The van der Waals surface area contributed by atoms with E-state index in [9.17, 15) is 9.59 Å². The topological polar surface area (TPSA) is 83.5 Å². The number of ether oxygens (including phenoxy) is 2. The molecular formula is C26H30N4O4. The number of carbonyl (C=O) groups is 2. The molecule has 0 radical (unpaired) electrons. The average Bonchev–Trinajstić information content (AvgIpc) is 3.42. The highest BCUT2D eigenvalue weighted by Crippen LogP contribution is 2.41. The maximum absolute atomic E-state index is 12.7. The van der Waals surface area contributed by atoms with Gasteiger partial charge in [0, 0.05) is 35.8 Å². The van der Waals surface area contributed by atoms with Crippen LogP contribution in [-0.4, -0.2) is 56.0 Å². The molecule has 2 bridgehead atoms. The summed E-state index contributed by atoms with van der Waals surface area (Å²) in [5, 5.41) is 8.99. The van der Waals surface area contributed by atoms with Crippen molar-refractivity contribution in [3.8, 4) is 11.5 Å². The van der Waals surface area contributed by atoms with E-state index in [-0.39, 0.29) is 23.9 Å². The molecule has 5 rings (SSSR count). The van der Waals surface area contributed by atoms with Gasteiger partial charge in [0.15, 0.2) is 11.5 Å². The Hall–Kier alpha value is -3.55. The molecule has 34 heavy (non-hydrogen) atoms. The maximum Gasteiger partial charge on any atom is 0.337 e. The monoisotopic (exact) mass is 462 g/mol. The highest BCUT2D eigenvalue weighted by molar-refractivity contribution is 6.15. The molecule has 8 heteroatoms. The van der Waals surface area contributed by atoms with Crippen LogP contribution in [0.25, 0.3) is 0 Å². The Morgan fingerprint density at radius 2 is 1.79 bits per heavy atom. The predicted octanol–water partition coefficient (Wildman–Crippen LogP) is 3.56. The van der Waals surface area contributed by atoms with Crippen molar-refractivity contribution in [3.05, 3.63) is 53.1 Å². The molecule has 3 aliphatic rings. The van der Waals surface area contributed by atoms with Crippen molar-refractivity contribution in [1.82, 2.24) is 10.3 Å². The van der Waals surface area contributed by atoms with Crippen LogP contribution in [0.15, 0.2) is 41.5 Å². The van der Waals surface area contributed by atoms with Crippen LogP contribution in [0.2, 0.25) is 0 Å². The lowest BCUT2D eigenvalue weighted by Gasteiger charge is -2.27. The molecule has 2 heterocycles. The first-order valence-corrected chi connectivity index (χ1v) is 11.7. The van der Waals surface area contributed by atoms with Gasteiger partial charge in [-0.3, -0.25) is 4.79 Å². The van der Waals surface area contributed by atoms with Crippen molar-refractivity contribution >= 4 is 23.3 Å². The molecular weight excluding hydrogens is 432 g/mol. The molecule has 1 N–H and O–H groups in total. The average molecular weight is 463 g/mol. The lowest BCUT2D eigenvalue weighted by atomic mass is 9.93. The Balaban J connectivity index is 1.59. The molecule has 3 atom stereocenters. The highest BCUT2D eigenvalue weighted by Gasteiger charge is 2.45. The van der Waals surface area contributed by atoms with Gasteiger partial charge in [-0.05, 0) is 62.4 Å². The number of benzene rings is 2. The third-order valence-electron chi connectivity index (χ3n) is 7.20. The molecule has 3 amide bonds. The SMILES string of the molecule is CNC(=O)N1N=C(c2ccc(N3C(=O)C4CC[C@@H]3C4)cc2)c2cc(OC)c(OC)cc2C[C@@H]1C. The molecule has 1 saturated heterocycles. The van der Waals surface area contributed by atoms with Gasteiger partial charge in [-0.2, -0.15) is 5.10 Å². The minimum atomic E-state index is -0.271. The van der Waals surface area contributed by atoms with Crippen molar-refractivity contribution in [1.29, 1.82) is 0 Å². The summed E-state index contributed by atoms with van der Waals surface area (Å²) in [6.45, 7) is 1.97. The molecule has 1 aliphatic carbocycles. The Morgan fingerprint density at radius 1 is 1.09 bits per heavy atom. The van der Waals surface area contributed by atoms with E-state index in [2.05, 4.69) is 5.32 Å². The minimum Gasteiger partial charge on any atom is -0.493 e. The van der Waals surface area contributed by atoms with Crippen LogP contribution in [0.5, 0.6) is 11.5 Å². The summed E-state index contributed by atoms with van der Waals surface area (Å²) in [6, 6.07) is 11.7. The van der Waals surface area contributed by atoms with E-state index in [1.54, 1.807) is 21.3 Å². The number of piperidine rings is 1. The van der Waals surface area contributed by atoms with Gasteiger partial charge < -0.3 is 19.7 Å². The fourth-order valence-electron chi connectivity index (χ4n) is 5.46. The lowest BCUT2D eigenvalue weighted by Crippen LogP contribution is -2.41. The fourth-order valence-corrected chi connectivity index (χ4v) is 5.46. The maximum atomic E-state index is 12.7. The molecule has 2 aromatic rings. The number of hydrogen-bond donors (Lipinski definition) is 1. The molecule has 8 nitrogen and oxygen atoms in total. The number of methoxy groups -OCH3 is 2. The first-order valence-electron chi connectivity index (χ1n) is 11.7. The van der Waals surface area contributed by atoms with E-state index in [1.165, 1.54) is 5.01 Å². The first-order chi connectivity index (χ1) is 16.4. The fraction of sp³-hybridized carbons (Fsp3) is 0.423. The second-order valence-electron chi connectivity index (χ2n) is 9.18. The number of carbonyl (C=O) groups excluding carboxylic acids is 2. The predicted molar refractivity (Wildman–Crippen MR) is 130 cm³/mol. The summed E-state index contributed by atoms with van der Waals surface area (Å²) in [6.07, 6.45) is 3.64. The van der Waals surface area contributed by atoms with E-state index in [4.69, 9.17) is 14.6 Å². The number of hydrogen-bond acceptors (Lipinski definition) is 5. The largest absolute Gasteiger partial charge is 0.493 e. The van der Waals surface area contributed by atoms with Gasteiger partial charge in [-0.1, -0.05) is 12.1 Å². The Labute approximate surface area is 199 Å². The summed E-state index contributed by atoms with van der Waals surface area (Å²) in [5.74, 6) is 1.65. The Kier molecular flexibility index (Phi) is 5.67. The smallest absolute Gasteiger partial charge is 0.337 e. The number of fused-ring (bicyclic) bond motifs is 3. The standard InChI is InChI=1S/C26H30N4O4/c1-15-11-18-13-22(33-3)23(34-4)14-21(18)24(28-30(15)26(32)27-2)16-5-8-19(9-6-16)29-20-10-7-17(12-20)25(29)31/h5-6,8-9,13-15,17,20H,7,10-12H2,1-4H3,(H,27,32)/t15-,17?,20+/m0/s1. The molecule has 2 aliphatic heterocycles. The summed E-state index contributed by atoms with van der Waals surface area (Å²) < 4.78 is 11.1. The van der Waals surface area contributed by atoms with Crippen LogP contribution in [0.1, 0.15) is 42.9 Å². The number of anilines is 1. The number of hydrazone groups is 1. The van der Waals surface area contributed by atoms with Gasteiger partial charge in [0.2, 0.25) is 5.91 Å². The molecule has 0 aromatic heterocycles. The van der Waals surface area contributed by atoms with Crippen LogP contribution in [0.3, 0.4) is 0 Å². The van der Waals surface area contributed by atoms with Crippen LogP contribution in [-0.2, 0) is 11.2 Å². The summed E-state index contributed by atoms with van der Waals surface area (Å²) in [7, 11) is 4.82. The van der Waals surface area contributed by atoms with Crippen molar-refractivity contribution in [2.45, 2.75) is 44.7 Å². The molecule has 0 spiro atoms. The van der Waals surface area contributed by atoms with Gasteiger partial charge in [-0.15, -0.1) is 0 Å². The summed E-state index contributed by atoms with van der Waals surface area (Å²) >= 11 is 0. The summed E-state index contributed by atoms with van der Waals surface area (Å²) in [5.41, 5.74) is 4.35. The second kappa shape index (κ2) is 8.66. The molecule has 1 unspecified atom stereocenters. The minimum absolute atomic E-state index is 0.161. The molecule has 2 fully saturated rings. The first kappa shape index (κ1) is 22.3. The second-order valence-corrected chi connectivity index (χ2v) is 9.18. The quantitative estimate of drug-likeness (QED) is 0.753. The number of rotatable bonds is 4.